The quantitative estimate of drug-likeness (QED) is 0.608. The molecular weight excluding hydrogens is 364 g/mol. The number of anilines is 2. The summed E-state index contributed by atoms with van der Waals surface area (Å²) >= 11 is 0. The summed E-state index contributed by atoms with van der Waals surface area (Å²) in [4.78, 5) is 21.5. The molecule has 2 aromatic carbocycles. The molecule has 3 N–H and O–H groups in total. The molecule has 1 aromatic heterocycles. The van der Waals surface area contributed by atoms with Gasteiger partial charge < -0.3 is 15.8 Å². The van der Waals surface area contributed by atoms with E-state index < -0.39 is 0 Å². The van der Waals surface area contributed by atoms with E-state index in [4.69, 9.17) is 10.5 Å². The van der Waals surface area contributed by atoms with Gasteiger partial charge in [0.05, 0.1) is 17.7 Å². The summed E-state index contributed by atoms with van der Waals surface area (Å²) in [5.74, 6) is 0.634. The van der Waals surface area contributed by atoms with Gasteiger partial charge in [0.15, 0.2) is 0 Å². The van der Waals surface area contributed by atoms with E-state index in [9.17, 15) is 4.79 Å². The molecule has 1 fully saturated rings. The van der Waals surface area contributed by atoms with Gasteiger partial charge in [-0.05, 0) is 37.5 Å². The molecule has 1 aliphatic rings. The highest BCUT2D eigenvalue weighted by molar-refractivity contribution is 6.05. The molecule has 0 atom stereocenters. The molecule has 1 heterocycles. The molecule has 0 unspecified atom stereocenters. The second kappa shape index (κ2) is 8.47. The average Bonchev–Trinajstić information content (AvgIpc) is 2.74. The number of benzene rings is 2. The third kappa shape index (κ3) is 4.01. The van der Waals surface area contributed by atoms with Crippen molar-refractivity contribution in [2.45, 2.75) is 45.1 Å². The molecule has 4 rings (SSSR count). The van der Waals surface area contributed by atoms with Gasteiger partial charge in [0, 0.05) is 17.0 Å². The minimum atomic E-state index is -0.345. The Hall–Kier alpha value is -3.15. The van der Waals surface area contributed by atoms with E-state index in [1.807, 2.05) is 36.4 Å². The van der Waals surface area contributed by atoms with Crippen LogP contribution in [-0.4, -0.2) is 28.6 Å². The van der Waals surface area contributed by atoms with Crippen LogP contribution in [0, 0.1) is 0 Å². The number of nitrogens with one attached hydrogen (secondary N) is 1. The van der Waals surface area contributed by atoms with Crippen LogP contribution in [0.5, 0.6) is 0 Å². The molecule has 0 saturated heterocycles. The van der Waals surface area contributed by atoms with Crippen molar-refractivity contribution in [1.29, 1.82) is 0 Å². The van der Waals surface area contributed by atoms with E-state index >= 15 is 0 Å². The van der Waals surface area contributed by atoms with Crippen molar-refractivity contribution in [2.24, 2.45) is 0 Å². The predicted octanol–water partition coefficient (Wildman–Crippen LogP) is 4.80. The van der Waals surface area contributed by atoms with Crippen molar-refractivity contribution in [3.05, 3.63) is 48.0 Å². The Morgan fingerprint density at radius 2 is 1.83 bits per heavy atom. The number of nitrogens with zero attached hydrogens (tertiary/aromatic N) is 2. The summed E-state index contributed by atoms with van der Waals surface area (Å²) in [5.41, 5.74) is 8.93. The van der Waals surface area contributed by atoms with Crippen LogP contribution < -0.4 is 11.1 Å². The number of fused-ring (bicyclic) bond motifs is 1. The fourth-order valence-corrected chi connectivity index (χ4v) is 4.04. The van der Waals surface area contributed by atoms with E-state index in [1.54, 1.807) is 13.0 Å². The van der Waals surface area contributed by atoms with Gasteiger partial charge in [-0.3, -0.25) is 0 Å². The molecule has 1 aliphatic carbocycles. The summed E-state index contributed by atoms with van der Waals surface area (Å²) in [5, 5.41) is 4.48. The smallest absolute Gasteiger partial charge is 0.338 e. The van der Waals surface area contributed by atoms with Gasteiger partial charge >= 0.3 is 5.97 Å². The molecule has 6 nitrogen and oxygen atoms in total. The SMILES string of the molecule is CCOC(=O)c1ccccc1-c1cccc2c(NC3CCCCC3)nc(N)nc12. The van der Waals surface area contributed by atoms with Crippen LogP contribution in [0.3, 0.4) is 0 Å². The maximum Gasteiger partial charge on any atom is 0.338 e. The maximum absolute atomic E-state index is 12.5. The normalized spacial score (nSPS) is 14.7. The van der Waals surface area contributed by atoms with Crippen molar-refractivity contribution in [3.8, 4) is 11.1 Å². The lowest BCUT2D eigenvalue weighted by molar-refractivity contribution is 0.0527. The van der Waals surface area contributed by atoms with Crippen LogP contribution >= 0.6 is 0 Å². The highest BCUT2D eigenvalue weighted by atomic mass is 16.5. The number of carbonyl (C=O) groups is 1. The number of para-hydroxylation sites is 1. The molecule has 6 heteroatoms. The lowest BCUT2D eigenvalue weighted by Gasteiger charge is -2.24. The number of hydrogen-bond donors (Lipinski definition) is 2. The van der Waals surface area contributed by atoms with E-state index in [1.165, 1.54) is 19.3 Å². The van der Waals surface area contributed by atoms with Crippen LogP contribution in [0.15, 0.2) is 42.5 Å². The first-order valence-corrected chi connectivity index (χ1v) is 10.3. The molecule has 0 spiro atoms. The number of esters is 1. The van der Waals surface area contributed by atoms with Crippen LogP contribution in [0.1, 0.15) is 49.4 Å². The predicted molar refractivity (Wildman–Crippen MR) is 116 cm³/mol. The Kier molecular flexibility index (Phi) is 5.60. The summed E-state index contributed by atoms with van der Waals surface area (Å²) in [6.45, 7) is 2.13. The monoisotopic (exact) mass is 390 g/mol. The third-order valence-corrected chi connectivity index (χ3v) is 5.40. The second-order valence-corrected chi connectivity index (χ2v) is 7.38. The van der Waals surface area contributed by atoms with Crippen molar-refractivity contribution in [2.75, 3.05) is 17.7 Å². The van der Waals surface area contributed by atoms with Gasteiger partial charge in [-0.1, -0.05) is 49.6 Å². The standard InChI is InChI=1S/C23H26N4O2/c1-2-29-22(28)18-12-7-6-11-16(18)17-13-8-14-19-20(17)26-23(24)27-21(19)25-15-9-4-3-5-10-15/h6-8,11-15H,2-5,9-10H2,1H3,(H3,24,25,26,27). The molecular formula is C23H26N4O2. The zero-order valence-corrected chi connectivity index (χ0v) is 16.6. The Morgan fingerprint density at radius 1 is 1.07 bits per heavy atom. The minimum absolute atomic E-state index is 0.219. The number of nitrogens with two attached hydrogens (primary N) is 1. The van der Waals surface area contributed by atoms with Crippen molar-refractivity contribution < 1.29 is 9.53 Å². The molecule has 0 aliphatic heterocycles. The number of hydrogen-bond acceptors (Lipinski definition) is 6. The Morgan fingerprint density at radius 3 is 2.62 bits per heavy atom. The van der Waals surface area contributed by atoms with E-state index in [0.29, 0.717) is 18.2 Å². The molecule has 1 saturated carbocycles. The van der Waals surface area contributed by atoms with E-state index in [0.717, 1.165) is 40.7 Å². The zero-order chi connectivity index (χ0) is 20.2. The van der Waals surface area contributed by atoms with E-state index in [-0.39, 0.29) is 11.9 Å². The molecule has 0 bridgehead atoms. The molecule has 0 radical (unpaired) electrons. The van der Waals surface area contributed by atoms with Crippen molar-refractivity contribution in [1.82, 2.24) is 9.97 Å². The third-order valence-electron chi connectivity index (χ3n) is 5.40. The summed E-state index contributed by atoms with van der Waals surface area (Å²) in [7, 11) is 0. The largest absolute Gasteiger partial charge is 0.462 e. The number of rotatable bonds is 5. The second-order valence-electron chi connectivity index (χ2n) is 7.38. The van der Waals surface area contributed by atoms with Gasteiger partial charge in [0.2, 0.25) is 5.95 Å². The topological polar surface area (TPSA) is 90.1 Å². The lowest BCUT2D eigenvalue weighted by atomic mass is 9.95. The summed E-state index contributed by atoms with van der Waals surface area (Å²) < 4.78 is 5.24. The number of carbonyl (C=O) groups excluding carboxylic acids is 1. The van der Waals surface area contributed by atoms with Crippen LogP contribution in [0.4, 0.5) is 11.8 Å². The van der Waals surface area contributed by atoms with Gasteiger partial charge in [-0.25, -0.2) is 9.78 Å². The number of nitrogen functional groups attached to an aromatic ring is 1. The van der Waals surface area contributed by atoms with Gasteiger partial charge in [-0.2, -0.15) is 4.98 Å². The van der Waals surface area contributed by atoms with Gasteiger partial charge in [0.25, 0.3) is 0 Å². The summed E-state index contributed by atoms with van der Waals surface area (Å²) in [6, 6.07) is 13.7. The van der Waals surface area contributed by atoms with E-state index in [2.05, 4.69) is 15.3 Å². The highest BCUT2D eigenvalue weighted by Crippen LogP contribution is 2.34. The van der Waals surface area contributed by atoms with Crippen molar-refractivity contribution >= 4 is 28.6 Å². The minimum Gasteiger partial charge on any atom is -0.462 e. The molecule has 0 amide bonds. The first-order chi connectivity index (χ1) is 14.2. The number of aromatic nitrogens is 2. The Labute approximate surface area is 170 Å². The molecule has 3 aromatic rings. The Balaban J connectivity index is 1.82. The lowest BCUT2D eigenvalue weighted by Crippen LogP contribution is -2.23. The Bertz CT molecular complexity index is 1030. The van der Waals surface area contributed by atoms with Crippen LogP contribution in [-0.2, 0) is 4.74 Å². The van der Waals surface area contributed by atoms with Crippen LogP contribution in [0.2, 0.25) is 0 Å². The fraction of sp³-hybridized carbons (Fsp3) is 0.348. The summed E-state index contributed by atoms with van der Waals surface area (Å²) in [6.07, 6.45) is 6.02. The van der Waals surface area contributed by atoms with Gasteiger partial charge in [0.1, 0.15) is 5.82 Å². The fourth-order valence-electron chi connectivity index (χ4n) is 4.04. The maximum atomic E-state index is 12.5. The molecule has 150 valence electrons. The zero-order valence-electron chi connectivity index (χ0n) is 16.6. The number of ether oxygens (including phenoxy) is 1. The first-order valence-electron chi connectivity index (χ1n) is 10.3. The average molecular weight is 390 g/mol. The van der Waals surface area contributed by atoms with Crippen molar-refractivity contribution in [3.63, 3.8) is 0 Å². The molecule has 29 heavy (non-hydrogen) atoms. The van der Waals surface area contributed by atoms with Crippen LogP contribution in [0.25, 0.3) is 22.0 Å². The van der Waals surface area contributed by atoms with Gasteiger partial charge in [-0.15, -0.1) is 0 Å². The highest BCUT2D eigenvalue weighted by Gasteiger charge is 2.19. The first kappa shape index (κ1) is 19.2.